The van der Waals surface area contributed by atoms with Crippen LogP contribution in [-0.2, 0) is 11.3 Å². The summed E-state index contributed by atoms with van der Waals surface area (Å²) in [5.41, 5.74) is 2.10. The molecule has 7 heteroatoms. The molecule has 1 amide bonds. The normalized spacial score (nSPS) is 15.5. The number of amides is 1. The number of hydrogen-bond donors (Lipinski definition) is 2. The molecule has 0 aromatic heterocycles. The van der Waals surface area contributed by atoms with Crippen LogP contribution in [0.3, 0.4) is 0 Å². The molecule has 1 aromatic carbocycles. The number of nitrogens with one attached hydrogen (secondary N) is 2. The van der Waals surface area contributed by atoms with Crippen molar-refractivity contribution in [1.29, 1.82) is 0 Å². The third-order valence-corrected chi connectivity index (χ3v) is 5.50. The summed E-state index contributed by atoms with van der Waals surface area (Å²) in [5.74, 6) is 0.864. The van der Waals surface area contributed by atoms with E-state index in [9.17, 15) is 4.79 Å². The lowest BCUT2D eigenvalue weighted by Gasteiger charge is -2.30. The molecule has 2 rings (SSSR count). The molecule has 0 atom stereocenters. The molecule has 0 saturated heterocycles. The number of methoxy groups -OCH3 is 1. The van der Waals surface area contributed by atoms with Crippen LogP contribution in [0, 0.1) is 5.41 Å². The molecule has 1 aliphatic rings. The van der Waals surface area contributed by atoms with E-state index in [0.29, 0.717) is 17.5 Å². The largest absolute Gasteiger partial charge is 0.385 e. The predicted octanol–water partition coefficient (Wildman–Crippen LogP) is 3.66. The number of aliphatic imine (C=N–C) groups is 1. The van der Waals surface area contributed by atoms with Crippen LogP contribution >= 0.6 is 24.0 Å². The van der Waals surface area contributed by atoms with Crippen LogP contribution in [0.5, 0.6) is 0 Å². The first-order valence-corrected chi connectivity index (χ1v) is 10.3. The number of guanidine groups is 1. The van der Waals surface area contributed by atoms with E-state index in [0.717, 1.165) is 37.6 Å². The van der Waals surface area contributed by atoms with E-state index < -0.39 is 0 Å². The molecule has 1 fully saturated rings. The van der Waals surface area contributed by atoms with E-state index in [4.69, 9.17) is 9.73 Å². The van der Waals surface area contributed by atoms with Crippen LogP contribution in [0.15, 0.2) is 29.3 Å². The number of benzene rings is 1. The van der Waals surface area contributed by atoms with Gasteiger partial charge < -0.3 is 20.3 Å². The van der Waals surface area contributed by atoms with E-state index in [-0.39, 0.29) is 29.9 Å². The van der Waals surface area contributed by atoms with Gasteiger partial charge in [-0.25, -0.2) is 4.99 Å². The Labute approximate surface area is 192 Å². The number of nitrogens with zero attached hydrogens (tertiary/aromatic N) is 2. The van der Waals surface area contributed by atoms with Crippen molar-refractivity contribution in [1.82, 2.24) is 15.5 Å². The Morgan fingerprint density at radius 1 is 1.17 bits per heavy atom. The van der Waals surface area contributed by atoms with Gasteiger partial charge in [-0.15, -0.1) is 24.0 Å². The highest BCUT2D eigenvalue weighted by Crippen LogP contribution is 2.40. The second kappa shape index (κ2) is 13.1. The van der Waals surface area contributed by atoms with E-state index in [1.54, 1.807) is 26.1 Å². The Hall–Kier alpha value is -1.35. The van der Waals surface area contributed by atoms with E-state index >= 15 is 0 Å². The minimum Gasteiger partial charge on any atom is -0.385 e. The lowest BCUT2D eigenvalue weighted by atomic mass is 9.83. The number of hydrogen-bond acceptors (Lipinski definition) is 3. The average molecular weight is 516 g/mol. The van der Waals surface area contributed by atoms with Crippen molar-refractivity contribution < 1.29 is 9.53 Å². The highest BCUT2D eigenvalue weighted by Gasteiger charge is 2.33. The molecule has 0 aliphatic heterocycles. The number of rotatable bonds is 9. The van der Waals surface area contributed by atoms with Crippen molar-refractivity contribution in [3.8, 4) is 0 Å². The maximum Gasteiger partial charge on any atom is 0.253 e. The molecule has 0 spiro atoms. The summed E-state index contributed by atoms with van der Waals surface area (Å²) >= 11 is 0. The van der Waals surface area contributed by atoms with Gasteiger partial charge in [-0.05, 0) is 49.3 Å². The fourth-order valence-electron chi connectivity index (χ4n) is 3.75. The summed E-state index contributed by atoms with van der Waals surface area (Å²) in [7, 11) is 5.30. The minimum atomic E-state index is 0. The number of ether oxygens (including phenoxy) is 1. The average Bonchev–Trinajstić information content (AvgIpc) is 3.17. The lowest BCUT2D eigenvalue weighted by Crippen LogP contribution is -2.43. The van der Waals surface area contributed by atoms with Crippen LogP contribution in [0.4, 0.5) is 0 Å². The zero-order chi connectivity index (χ0) is 20.4. The Morgan fingerprint density at radius 3 is 2.38 bits per heavy atom. The maximum atomic E-state index is 12.0. The van der Waals surface area contributed by atoms with Crippen LogP contribution in [-0.4, -0.2) is 57.7 Å². The monoisotopic (exact) mass is 516 g/mol. The van der Waals surface area contributed by atoms with E-state index in [2.05, 4.69) is 17.6 Å². The maximum absolute atomic E-state index is 12.0. The van der Waals surface area contributed by atoms with Gasteiger partial charge in [0.25, 0.3) is 5.91 Å². The second-order valence-corrected chi connectivity index (χ2v) is 7.90. The summed E-state index contributed by atoms with van der Waals surface area (Å²) in [6.07, 6.45) is 6.21. The van der Waals surface area contributed by atoms with Gasteiger partial charge in [0.15, 0.2) is 5.96 Å². The Kier molecular flexibility index (Phi) is 11.6. The van der Waals surface area contributed by atoms with Crippen molar-refractivity contribution in [3.63, 3.8) is 0 Å². The highest BCUT2D eigenvalue weighted by molar-refractivity contribution is 14.0. The van der Waals surface area contributed by atoms with Crippen molar-refractivity contribution in [2.24, 2.45) is 10.4 Å². The molecule has 2 N–H and O–H groups in total. The minimum absolute atomic E-state index is 0. The highest BCUT2D eigenvalue weighted by atomic mass is 127. The van der Waals surface area contributed by atoms with E-state index in [1.165, 1.54) is 25.7 Å². The summed E-state index contributed by atoms with van der Waals surface area (Å²) < 4.78 is 5.33. The SMILES string of the molecule is CCNC(=NCc1ccc(C(=O)N(C)C)cc1)NCC1(CCOC)CCCC1.I. The van der Waals surface area contributed by atoms with Gasteiger partial charge in [0.1, 0.15) is 0 Å². The molecular weight excluding hydrogens is 479 g/mol. The first-order chi connectivity index (χ1) is 13.5. The first-order valence-electron chi connectivity index (χ1n) is 10.3. The zero-order valence-corrected chi connectivity index (χ0v) is 20.6. The van der Waals surface area contributed by atoms with Crippen LogP contribution < -0.4 is 10.6 Å². The molecule has 1 saturated carbocycles. The molecule has 0 bridgehead atoms. The molecule has 1 aliphatic carbocycles. The van der Waals surface area contributed by atoms with Crippen LogP contribution in [0.2, 0.25) is 0 Å². The Balaban J connectivity index is 0.00000420. The molecular formula is C22H37IN4O2. The van der Waals surface area contributed by atoms with Gasteiger partial charge in [0.2, 0.25) is 0 Å². The van der Waals surface area contributed by atoms with Gasteiger partial charge in [-0.1, -0.05) is 25.0 Å². The lowest BCUT2D eigenvalue weighted by molar-refractivity contribution is 0.0827. The van der Waals surface area contributed by atoms with Gasteiger partial charge in [-0.2, -0.15) is 0 Å². The summed E-state index contributed by atoms with van der Waals surface area (Å²) in [6, 6.07) is 7.68. The molecule has 164 valence electrons. The topological polar surface area (TPSA) is 66.0 Å². The smallest absolute Gasteiger partial charge is 0.253 e. The van der Waals surface area contributed by atoms with Gasteiger partial charge in [0, 0.05) is 46.5 Å². The van der Waals surface area contributed by atoms with Crippen molar-refractivity contribution in [2.45, 2.75) is 45.6 Å². The molecule has 6 nitrogen and oxygen atoms in total. The third kappa shape index (κ3) is 8.12. The summed E-state index contributed by atoms with van der Waals surface area (Å²) in [6.45, 7) is 5.23. The Morgan fingerprint density at radius 2 is 1.83 bits per heavy atom. The molecule has 0 radical (unpaired) electrons. The number of halogens is 1. The second-order valence-electron chi connectivity index (χ2n) is 7.90. The standard InChI is InChI=1S/C22H36N4O2.HI/c1-5-23-21(25-17-22(14-15-28-4)12-6-7-13-22)24-16-18-8-10-19(11-9-18)20(27)26(2)3;/h8-11H,5-7,12-17H2,1-4H3,(H2,23,24,25);1H. The summed E-state index contributed by atoms with van der Waals surface area (Å²) in [4.78, 5) is 18.3. The van der Waals surface area contributed by atoms with Gasteiger partial charge in [0.05, 0.1) is 6.54 Å². The molecule has 0 heterocycles. The third-order valence-electron chi connectivity index (χ3n) is 5.50. The van der Waals surface area contributed by atoms with Crippen molar-refractivity contribution >= 4 is 35.8 Å². The van der Waals surface area contributed by atoms with Crippen LogP contribution in [0.1, 0.15) is 54.9 Å². The zero-order valence-electron chi connectivity index (χ0n) is 18.3. The van der Waals surface area contributed by atoms with Crippen LogP contribution in [0.25, 0.3) is 0 Å². The van der Waals surface area contributed by atoms with Gasteiger partial charge >= 0.3 is 0 Å². The number of carbonyl (C=O) groups excluding carboxylic acids is 1. The molecule has 0 unspecified atom stereocenters. The first kappa shape index (κ1) is 25.7. The fraction of sp³-hybridized carbons (Fsp3) is 0.636. The van der Waals surface area contributed by atoms with E-state index in [1.807, 2.05) is 24.3 Å². The van der Waals surface area contributed by atoms with Gasteiger partial charge in [-0.3, -0.25) is 4.79 Å². The van der Waals surface area contributed by atoms with Crippen molar-refractivity contribution in [2.75, 3.05) is 40.9 Å². The number of carbonyl (C=O) groups is 1. The summed E-state index contributed by atoms with van der Waals surface area (Å²) in [5, 5.41) is 6.89. The molecule has 1 aromatic rings. The Bertz CT molecular complexity index is 641. The van der Waals surface area contributed by atoms with Crippen molar-refractivity contribution in [3.05, 3.63) is 35.4 Å². The predicted molar refractivity (Wildman–Crippen MR) is 130 cm³/mol. The quantitative estimate of drug-likeness (QED) is 0.299. The molecule has 29 heavy (non-hydrogen) atoms. The fourth-order valence-corrected chi connectivity index (χ4v) is 3.75.